The number of carboxylic acid groups (broad SMARTS) is 1. The molecular weight excluding hydrogens is 430 g/mol. The number of benzene rings is 1. The molecule has 0 fully saturated rings. The second kappa shape index (κ2) is 14.6. The summed E-state index contributed by atoms with van der Waals surface area (Å²) in [5.41, 5.74) is 22.8. The van der Waals surface area contributed by atoms with Crippen molar-refractivity contribution < 1.29 is 24.6 Å². The number of phenols is 1. The van der Waals surface area contributed by atoms with E-state index in [0.29, 0.717) is 25.8 Å². The van der Waals surface area contributed by atoms with Crippen LogP contribution in [0.2, 0.25) is 0 Å². The van der Waals surface area contributed by atoms with E-state index in [9.17, 15) is 24.6 Å². The zero-order chi connectivity index (χ0) is 24.8. The summed E-state index contributed by atoms with van der Waals surface area (Å²) in [7, 11) is 0. The fraction of sp³-hybridized carbons (Fsp3) is 0.524. The zero-order valence-corrected chi connectivity index (χ0v) is 18.6. The van der Waals surface area contributed by atoms with Crippen LogP contribution in [0.3, 0.4) is 0 Å². The van der Waals surface area contributed by atoms with Gasteiger partial charge in [0.15, 0.2) is 5.96 Å². The molecule has 1 aromatic carbocycles. The maximum absolute atomic E-state index is 12.8. The number of aliphatic imine (C=N–C) groups is 1. The number of hydrogen-bond acceptors (Lipinski definition) is 7. The fourth-order valence-corrected chi connectivity index (χ4v) is 3.05. The first kappa shape index (κ1) is 27.7. The standard InChI is InChI=1S/C21H35N7O5/c22-10-2-1-4-17(20(32)33)28-19(31)16(5-3-11-26-21(24)25)27-18(30)15(23)12-13-6-8-14(29)9-7-13/h6-9,15-17,29H,1-5,10-12,22-23H2,(H,27,30)(H,28,31)(H,32,33)(H4,24,25,26)/t15-,16-,17-/m0/s1. The Morgan fingerprint density at radius 3 is 2.12 bits per heavy atom. The van der Waals surface area contributed by atoms with Crippen LogP contribution in [0.5, 0.6) is 5.75 Å². The van der Waals surface area contributed by atoms with Crippen molar-refractivity contribution in [2.75, 3.05) is 13.1 Å². The average Bonchev–Trinajstić information content (AvgIpc) is 2.76. The van der Waals surface area contributed by atoms with Gasteiger partial charge in [-0.3, -0.25) is 14.6 Å². The highest BCUT2D eigenvalue weighted by Gasteiger charge is 2.27. The van der Waals surface area contributed by atoms with E-state index >= 15 is 0 Å². The monoisotopic (exact) mass is 465 g/mol. The van der Waals surface area contributed by atoms with Gasteiger partial charge in [0, 0.05) is 6.54 Å². The first-order chi connectivity index (χ1) is 15.6. The molecule has 0 radical (unpaired) electrons. The van der Waals surface area contributed by atoms with Crippen LogP contribution in [0.4, 0.5) is 0 Å². The van der Waals surface area contributed by atoms with Crippen LogP contribution in [0.1, 0.15) is 37.7 Å². The molecule has 0 aromatic heterocycles. The van der Waals surface area contributed by atoms with Crippen molar-refractivity contribution in [2.45, 2.75) is 56.7 Å². The Bertz CT molecular complexity index is 797. The lowest BCUT2D eigenvalue weighted by Crippen LogP contribution is -2.54. The topological polar surface area (TPSA) is 232 Å². The average molecular weight is 466 g/mol. The van der Waals surface area contributed by atoms with Gasteiger partial charge in [-0.25, -0.2) is 4.79 Å². The van der Waals surface area contributed by atoms with Crippen LogP contribution in [0, 0.1) is 0 Å². The first-order valence-electron chi connectivity index (χ1n) is 10.8. The number of carbonyl (C=O) groups excluding carboxylic acids is 2. The second-order valence-electron chi connectivity index (χ2n) is 7.67. The molecule has 12 heteroatoms. The van der Waals surface area contributed by atoms with E-state index < -0.39 is 35.9 Å². The van der Waals surface area contributed by atoms with Crippen LogP contribution in [0.15, 0.2) is 29.3 Å². The minimum Gasteiger partial charge on any atom is -0.508 e. The van der Waals surface area contributed by atoms with Crippen LogP contribution in [0.25, 0.3) is 0 Å². The number of guanidine groups is 1. The number of hydrogen-bond donors (Lipinski definition) is 8. The number of amides is 2. The molecule has 2 amide bonds. The van der Waals surface area contributed by atoms with E-state index in [0.717, 1.165) is 5.56 Å². The van der Waals surface area contributed by atoms with Crippen LogP contribution in [-0.4, -0.2) is 65.2 Å². The molecule has 0 spiro atoms. The largest absolute Gasteiger partial charge is 0.508 e. The van der Waals surface area contributed by atoms with Gasteiger partial charge in [0.25, 0.3) is 0 Å². The molecule has 184 valence electrons. The Balaban J connectivity index is 2.82. The lowest BCUT2D eigenvalue weighted by Gasteiger charge is -2.23. The van der Waals surface area contributed by atoms with Crippen LogP contribution in [-0.2, 0) is 20.8 Å². The van der Waals surface area contributed by atoms with Gasteiger partial charge in [-0.2, -0.15) is 0 Å². The molecule has 1 rings (SSSR count). The van der Waals surface area contributed by atoms with Gasteiger partial charge in [0.05, 0.1) is 6.04 Å². The summed E-state index contributed by atoms with van der Waals surface area (Å²) in [5.74, 6) is -2.38. The highest BCUT2D eigenvalue weighted by Crippen LogP contribution is 2.11. The maximum Gasteiger partial charge on any atom is 0.326 e. The quantitative estimate of drug-likeness (QED) is 0.0853. The number of carboxylic acids is 1. The van der Waals surface area contributed by atoms with E-state index in [1.165, 1.54) is 12.1 Å². The number of carbonyl (C=O) groups is 3. The van der Waals surface area contributed by atoms with Gasteiger partial charge in [-0.05, 0) is 62.8 Å². The summed E-state index contributed by atoms with van der Waals surface area (Å²) in [6, 6.07) is 3.16. The van der Waals surface area contributed by atoms with Gasteiger partial charge < -0.3 is 43.8 Å². The number of nitrogens with two attached hydrogens (primary N) is 4. The lowest BCUT2D eigenvalue weighted by atomic mass is 10.0. The van der Waals surface area contributed by atoms with Gasteiger partial charge in [0.2, 0.25) is 11.8 Å². The number of nitrogens with zero attached hydrogens (tertiary/aromatic N) is 1. The number of aliphatic carboxylic acids is 1. The van der Waals surface area contributed by atoms with Crippen LogP contribution >= 0.6 is 0 Å². The molecule has 12 N–H and O–H groups in total. The summed E-state index contributed by atoms with van der Waals surface area (Å²) in [5, 5.41) is 23.9. The third kappa shape index (κ3) is 11.2. The second-order valence-corrected chi connectivity index (χ2v) is 7.67. The number of aromatic hydroxyl groups is 1. The molecule has 3 atom stereocenters. The van der Waals surface area contributed by atoms with Gasteiger partial charge in [-0.15, -0.1) is 0 Å². The smallest absolute Gasteiger partial charge is 0.326 e. The van der Waals surface area contributed by atoms with Crippen molar-refractivity contribution in [3.8, 4) is 5.75 Å². The van der Waals surface area contributed by atoms with Crippen molar-refractivity contribution in [1.82, 2.24) is 10.6 Å². The van der Waals surface area contributed by atoms with Gasteiger partial charge in [0.1, 0.15) is 17.8 Å². The Morgan fingerprint density at radius 1 is 0.939 bits per heavy atom. The molecule has 1 aromatic rings. The van der Waals surface area contributed by atoms with E-state index in [1.807, 2.05) is 0 Å². The SMILES string of the molecule is NCCCC[C@H](NC(=O)[C@H](CCCN=C(N)N)NC(=O)[C@@H](N)Cc1ccc(O)cc1)C(=O)O. The first-order valence-corrected chi connectivity index (χ1v) is 10.8. The van der Waals surface area contributed by atoms with E-state index in [-0.39, 0.29) is 37.5 Å². The molecule has 0 aliphatic carbocycles. The van der Waals surface area contributed by atoms with Crippen LogP contribution < -0.4 is 33.6 Å². The van der Waals surface area contributed by atoms with E-state index in [1.54, 1.807) is 12.1 Å². The Labute approximate surface area is 192 Å². The predicted octanol–water partition coefficient (Wildman–Crippen LogP) is -1.50. The normalized spacial score (nSPS) is 13.4. The molecule has 0 unspecified atom stereocenters. The number of unbranched alkanes of at least 4 members (excludes halogenated alkanes) is 1. The third-order valence-electron chi connectivity index (χ3n) is 4.87. The molecule has 0 aliphatic heterocycles. The fourth-order valence-electron chi connectivity index (χ4n) is 3.05. The summed E-state index contributed by atoms with van der Waals surface area (Å²) in [4.78, 5) is 40.8. The Hall–Kier alpha value is -3.38. The molecule has 12 nitrogen and oxygen atoms in total. The molecule has 0 bridgehead atoms. The van der Waals surface area contributed by atoms with Crippen molar-refractivity contribution >= 4 is 23.7 Å². The lowest BCUT2D eigenvalue weighted by molar-refractivity contribution is -0.142. The van der Waals surface area contributed by atoms with Gasteiger partial charge >= 0.3 is 5.97 Å². The third-order valence-corrected chi connectivity index (χ3v) is 4.87. The molecule has 0 heterocycles. The molecule has 0 aliphatic rings. The predicted molar refractivity (Wildman–Crippen MR) is 124 cm³/mol. The van der Waals surface area contributed by atoms with Gasteiger partial charge in [-0.1, -0.05) is 12.1 Å². The molecule has 0 saturated heterocycles. The van der Waals surface area contributed by atoms with Crippen molar-refractivity contribution in [3.05, 3.63) is 29.8 Å². The minimum absolute atomic E-state index is 0.0914. The number of phenolic OH excluding ortho intramolecular Hbond substituents is 1. The maximum atomic E-state index is 12.8. The molecule has 33 heavy (non-hydrogen) atoms. The molecule has 0 saturated carbocycles. The highest BCUT2D eigenvalue weighted by atomic mass is 16.4. The van der Waals surface area contributed by atoms with Crippen molar-refractivity contribution in [3.63, 3.8) is 0 Å². The zero-order valence-electron chi connectivity index (χ0n) is 18.6. The summed E-state index contributed by atoms with van der Waals surface area (Å²) < 4.78 is 0. The summed E-state index contributed by atoms with van der Waals surface area (Å²) in [6.07, 6.45) is 2.11. The van der Waals surface area contributed by atoms with Crippen molar-refractivity contribution in [1.29, 1.82) is 0 Å². The highest BCUT2D eigenvalue weighted by molar-refractivity contribution is 5.91. The summed E-state index contributed by atoms with van der Waals surface area (Å²) >= 11 is 0. The van der Waals surface area contributed by atoms with Crippen molar-refractivity contribution in [2.24, 2.45) is 27.9 Å². The van der Waals surface area contributed by atoms with E-state index in [2.05, 4.69) is 15.6 Å². The number of rotatable bonds is 15. The minimum atomic E-state index is -1.17. The van der Waals surface area contributed by atoms with E-state index in [4.69, 9.17) is 22.9 Å². The number of nitrogens with one attached hydrogen (secondary N) is 2. The molecular formula is C21H35N7O5. The summed E-state index contributed by atoms with van der Waals surface area (Å²) in [6.45, 7) is 0.656. The Kier molecular flexibility index (Phi) is 12.3. The Morgan fingerprint density at radius 2 is 1.55 bits per heavy atom.